The Bertz CT molecular complexity index is 519. The minimum absolute atomic E-state index is 0.271. The molecule has 0 aliphatic heterocycles. The Labute approximate surface area is 179 Å². The molecule has 3 heteroatoms. The summed E-state index contributed by atoms with van der Waals surface area (Å²) in [6.45, 7) is 13.3. The standard InChI is InChI=1S/C13H17O2.3C4H9.Sn/c1-5-11(3)8-7-9-12(4)10-13(14)15-6-2;3*1-3-4-2;/h1,5,7-10H,6H2,2-4H3;3*1,3-4H2,2H3;/b5-1?,9-7+,11-8+,12-10+;;;;. The Hall–Kier alpha value is -0.771. The fourth-order valence-corrected chi connectivity index (χ4v) is 17.7. The van der Waals surface area contributed by atoms with Crippen molar-refractivity contribution in [2.24, 2.45) is 0 Å². The van der Waals surface area contributed by atoms with Gasteiger partial charge in [0.25, 0.3) is 0 Å². The molecule has 0 saturated heterocycles. The molecule has 0 amide bonds. The van der Waals surface area contributed by atoms with Crippen LogP contribution >= 0.6 is 0 Å². The van der Waals surface area contributed by atoms with Crippen LogP contribution in [0.25, 0.3) is 0 Å². The molecule has 0 aromatic rings. The molecule has 0 radical (unpaired) electrons. The van der Waals surface area contributed by atoms with Gasteiger partial charge in [0.1, 0.15) is 0 Å². The summed E-state index contributed by atoms with van der Waals surface area (Å²) in [4.78, 5) is 11.5. The monoisotopic (exact) mass is 496 g/mol. The average Bonchev–Trinajstić information content (AvgIpc) is 2.67. The maximum absolute atomic E-state index is 11.5. The number of hydrogen-bond donors (Lipinski definition) is 0. The average molecular weight is 495 g/mol. The fourth-order valence-electron chi connectivity index (χ4n) is 3.34. The quantitative estimate of drug-likeness (QED) is 0.0998. The van der Waals surface area contributed by atoms with E-state index < -0.39 is 18.4 Å². The van der Waals surface area contributed by atoms with Crippen molar-refractivity contribution in [3.05, 3.63) is 45.6 Å². The van der Waals surface area contributed by atoms with Gasteiger partial charge < -0.3 is 0 Å². The van der Waals surface area contributed by atoms with Gasteiger partial charge in [-0.3, -0.25) is 0 Å². The number of ether oxygens (including phenoxy) is 1. The van der Waals surface area contributed by atoms with Gasteiger partial charge in [0, 0.05) is 0 Å². The predicted octanol–water partition coefficient (Wildman–Crippen LogP) is 7.94. The van der Waals surface area contributed by atoms with Crippen molar-refractivity contribution in [3.63, 3.8) is 0 Å². The molecule has 0 N–H and O–H groups in total. The van der Waals surface area contributed by atoms with E-state index in [2.05, 4.69) is 43.9 Å². The van der Waals surface area contributed by atoms with Gasteiger partial charge in [-0.15, -0.1) is 0 Å². The molecule has 0 saturated carbocycles. The summed E-state index contributed by atoms with van der Waals surface area (Å²) in [7, 11) is 0. The summed E-state index contributed by atoms with van der Waals surface area (Å²) in [5.41, 5.74) is 2.21. The van der Waals surface area contributed by atoms with E-state index in [0.29, 0.717) is 6.61 Å². The second-order valence-electron chi connectivity index (χ2n) is 7.92. The van der Waals surface area contributed by atoms with Crippen LogP contribution in [0.3, 0.4) is 0 Å². The first kappa shape index (κ1) is 27.2. The normalized spacial score (nSPS) is 13.6. The zero-order valence-corrected chi connectivity index (χ0v) is 22.2. The van der Waals surface area contributed by atoms with Crippen LogP contribution in [-0.4, -0.2) is 31.0 Å². The number of unbranched alkanes of at least 4 members (excludes halogenated alkanes) is 3. The van der Waals surface area contributed by atoms with Gasteiger partial charge in [0.2, 0.25) is 0 Å². The number of carbonyl (C=O) groups is 1. The van der Waals surface area contributed by atoms with E-state index in [4.69, 9.17) is 4.74 Å². The molecule has 0 aliphatic rings. The zero-order chi connectivity index (χ0) is 21.3. The van der Waals surface area contributed by atoms with Crippen molar-refractivity contribution in [1.82, 2.24) is 0 Å². The summed E-state index contributed by atoms with van der Waals surface area (Å²) in [5.74, 6) is -0.271. The molecule has 0 atom stereocenters. The second kappa shape index (κ2) is 17.1. The molecule has 0 bridgehead atoms. The van der Waals surface area contributed by atoms with Gasteiger partial charge in [-0.25, -0.2) is 0 Å². The molecule has 0 heterocycles. The third-order valence-electron chi connectivity index (χ3n) is 5.13. The van der Waals surface area contributed by atoms with Crippen LogP contribution in [0.4, 0.5) is 0 Å². The van der Waals surface area contributed by atoms with Crippen molar-refractivity contribution in [1.29, 1.82) is 0 Å². The van der Waals surface area contributed by atoms with Gasteiger partial charge in [-0.2, -0.15) is 0 Å². The first-order chi connectivity index (χ1) is 13.4. The van der Waals surface area contributed by atoms with E-state index in [1.54, 1.807) is 6.08 Å². The maximum atomic E-state index is 11.5. The van der Waals surface area contributed by atoms with Gasteiger partial charge in [-0.05, 0) is 0 Å². The zero-order valence-electron chi connectivity index (χ0n) is 19.4. The molecular weight excluding hydrogens is 451 g/mol. The summed E-state index contributed by atoms with van der Waals surface area (Å²) in [6, 6.07) is 0. The number of esters is 1. The summed E-state index contributed by atoms with van der Waals surface area (Å²) < 4.78 is 12.2. The second-order valence-corrected chi connectivity index (χ2v) is 20.9. The molecule has 160 valence electrons. The Balaban J connectivity index is 5.18. The van der Waals surface area contributed by atoms with Crippen LogP contribution < -0.4 is 0 Å². The summed E-state index contributed by atoms with van der Waals surface area (Å²) in [5, 5.41) is 0. The number of carbonyl (C=O) groups excluding carboxylic acids is 1. The Kier molecular flexibility index (Phi) is 16.6. The fraction of sp³-hybridized carbons (Fsp3) is 0.640. The van der Waals surface area contributed by atoms with Crippen molar-refractivity contribution in [2.45, 2.75) is 93.4 Å². The molecule has 0 aromatic heterocycles. The topological polar surface area (TPSA) is 26.3 Å². The molecule has 28 heavy (non-hydrogen) atoms. The van der Waals surface area contributed by atoms with Crippen LogP contribution in [0, 0.1) is 0 Å². The van der Waals surface area contributed by atoms with Gasteiger partial charge in [-0.1, -0.05) is 0 Å². The van der Waals surface area contributed by atoms with Gasteiger partial charge >= 0.3 is 179 Å². The van der Waals surface area contributed by atoms with Crippen LogP contribution in [-0.2, 0) is 9.53 Å². The van der Waals surface area contributed by atoms with E-state index in [9.17, 15) is 4.79 Å². The van der Waals surface area contributed by atoms with Gasteiger partial charge in [0.15, 0.2) is 0 Å². The van der Waals surface area contributed by atoms with E-state index >= 15 is 0 Å². The van der Waals surface area contributed by atoms with Gasteiger partial charge in [0.05, 0.1) is 0 Å². The molecule has 0 aromatic carbocycles. The van der Waals surface area contributed by atoms with E-state index in [1.807, 2.05) is 26.0 Å². The van der Waals surface area contributed by atoms with E-state index in [1.165, 1.54) is 57.4 Å². The molecular formula is C25H44O2Sn. The Morgan fingerprint density at radius 3 is 1.82 bits per heavy atom. The van der Waals surface area contributed by atoms with Crippen molar-refractivity contribution >= 4 is 24.3 Å². The predicted molar refractivity (Wildman–Crippen MR) is 127 cm³/mol. The molecule has 2 nitrogen and oxygen atoms in total. The Morgan fingerprint density at radius 1 is 0.821 bits per heavy atom. The minimum atomic E-state index is -2.19. The van der Waals surface area contributed by atoms with Crippen LogP contribution in [0.5, 0.6) is 0 Å². The van der Waals surface area contributed by atoms with Crippen LogP contribution in [0.15, 0.2) is 45.6 Å². The third-order valence-corrected chi connectivity index (χ3v) is 19.2. The van der Waals surface area contributed by atoms with Crippen molar-refractivity contribution in [3.8, 4) is 0 Å². The van der Waals surface area contributed by atoms with Crippen molar-refractivity contribution in [2.75, 3.05) is 6.61 Å². The molecule has 0 aliphatic carbocycles. The van der Waals surface area contributed by atoms with E-state index in [-0.39, 0.29) is 5.97 Å². The van der Waals surface area contributed by atoms with E-state index in [0.717, 1.165) is 5.57 Å². The molecule has 0 rings (SSSR count). The third kappa shape index (κ3) is 13.4. The SMILES string of the molecule is CCC[CH2][Sn](/[CH]=C/C(C)=C/C=C/C(C)=C/C(=O)OCC)([CH2]CCC)[CH2]CCC. The molecule has 0 spiro atoms. The van der Waals surface area contributed by atoms with Crippen molar-refractivity contribution < 1.29 is 9.53 Å². The first-order valence-electron chi connectivity index (χ1n) is 11.3. The van der Waals surface area contributed by atoms with Crippen LogP contribution in [0.1, 0.15) is 80.1 Å². The number of allylic oxidation sites excluding steroid dienone is 6. The Morgan fingerprint density at radius 2 is 1.36 bits per heavy atom. The van der Waals surface area contributed by atoms with Crippen LogP contribution in [0.2, 0.25) is 13.3 Å². The molecule has 0 fully saturated rings. The number of rotatable bonds is 15. The summed E-state index contributed by atoms with van der Waals surface area (Å²) >= 11 is -2.19. The molecule has 0 unspecified atom stereocenters. The number of hydrogen-bond acceptors (Lipinski definition) is 2. The first-order valence-corrected chi connectivity index (χ1v) is 19.0. The summed E-state index contributed by atoms with van der Waals surface area (Å²) in [6.07, 6.45) is 18.2.